The molecule has 1 aliphatic rings. The molecular formula is C8H19N2+. The molecule has 0 bridgehead atoms. The average Bonchev–Trinajstić information content (AvgIpc) is 2.08. The SMILES string of the molecule is CCN1CC(C)[N+](C)(C)C1. The van der Waals surface area contributed by atoms with Crippen LogP contribution in [0.15, 0.2) is 0 Å². The molecule has 2 nitrogen and oxygen atoms in total. The van der Waals surface area contributed by atoms with Crippen molar-refractivity contribution in [1.29, 1.82) is 0 Å². The predicted octanol–water partition coefficient (Wildman–Crippen LogP) is 0.744. The van der Waals surface area contributed by atoms with Gasteiger partial charge in [-0.2, -0.15) is 0 Å². The lowest BCUT2D eigenvalue weighted by molar-refractivity contribution is -0.903. The van der Waals surface area contributed by atoms with Gasteiger partial charge in [0, 0.05) is 6.54 Å². The van der Waals surface area contributed by atoms with Gasteiger partial charge in [0.2, 0.25) is 0 Å². The predicted molar refractivity (Wildman–Crippen MR) is 43.7 cm³/mol. The van der Waals surface area contributed by atoms with Crippen molar-refractivity contribution in [3.8, 4) is 0 Å². The van der Waals surface area contributed by atoms with E-state index < -0.39 is 0 Å². The Morgan fingerprint density at radius 3 is 2.30 bits per heavy atom. The molecule has 0 radical (unpaired) electrons. The van der Waals surface area contributed by atoms with Crippen LogP contribution >= 0.6 is 0 Å². The Labute approximate surface area is 64.0 Å². The largest absolute Gasteiger partial charge is 0.313 e. The van der Waals surface area contributed by atoms with E-state index >= 15 is 0 Å². The molecule has 0 aromatic heterocycles. The van der Waals surface area contributed by atoms with Crippen molar-refractivity contribution in [2.75, 3.05) is 33.9 Å². The van der Waals surface area contributed by atoms with Crippen molar-refractivity contribution in [3.63, 3.8) is 0 Å². The fourth-order valence-corrected chi connectivity index (χ4v) is 1.54. The summed E-state index contributed by atoms with van der Waals surface area (Å²) in [5, 5.41) is 0. The van der Waals surface area contributed by atoms with Gasteiger partial charge in [-0.1, -0.05) is 6.92 Å². The minimum atomic E-state index is 0.806. The Balaban J connectivity index is 2.53. The highest BCUT2D eigenvalue weighted by Gasteiger charge is 2.34. The molecular weight excluding hydrogens is 124 g/mol. The number of nitrogens with zero attached hydrogens (tertiary/aromatic N) is 2. The third kappa shape index (κ3) is 1.32. The van der Waals surface area contributed by atoms with Crippen molar-refractivity contribution < 1.29 is 4.48 Å². The monoisotopic (exact) mass is 143 g/mol. The molecule has 1 rings (SSSR count). The van der Waals surface area contributed by atoms with E-state index in [2.05, 4.69) is 32.8 Å². The third-order valence-corrected chi connectivity index (χ3v) is 2.73. The summed E-state index contributed by atoms with van der Waals surface area (Å²) in [4.78, 5) is 2.50. The summed E-state index contributed by atoms with van der Waals surface area (Å²) in [6.07, 6.45) is 0. The zero-order chi connectivity index (χ0) is 7.78. The lowest BCUT2D eigenvalue weighted by Gasteiger charge is -2.28. The summed E-state index contributed by atoms with van der Waals surface area (Å²) in [5.41, 5.74) is 0. The quantitative estimate of drug-likeness (QED) is 0.489. The van der Waals surface area contributed by atoms with E-state index in [-0.39, 0.29) is 0 Å². The van der Waals surface area contributed by atoms with E-state index in [0.717, 1.165) is 10.5 Å². The fourth-order valence-electron chi connectivity index (χ4n) is 1.54. The highest BCUT2D eigenvalue weighted by molar-refractivity contribution is 4.65. The third-order valence-electron chi connectivity index (χ3n) is 2.73. The second-order valence-electron chi connectivity index (χ2n) is 3.94. The van der Waals surface area contributed by atoms with Crippen molar-refractivity contribution in [3.05, 3.63) is 0 Å². The highest BCUT2D eigenvalue weighted by Crippen LogP contribution is 2.16. The van der Waals surface area contributed by atoms with Gasteiger partial charge < -0.3 is 4.48 Å². The number of hydrogen-bond donors (Lipinski definition) is 0. The van der Waals surface area contributed by atoms with Crippen LogP contribution in [0.5, 0.6) is 0 Å². The topological polar surface area (TPSA) is 3.24 Å². The molecule has 0 spiro atoms. The average molecular weight is 143 g/mol. The molecule has 1 atom stereocenters. The smallest absolute Gasteiger partial charge is 0.135 e. The number of rotatable bonds is 1. The van der Waals surface area contributed by atoms with Crippen LogP contribution in [-0.4, -0.2) is 49.3 Å². The van der Waals surface area contributed by atoms with E-state index in [4.69, 9.17) is 0 Å². The van der Waals surface area contributed by atoms with Gasteiger partial charge in [0.15, 0.2) is 0 Å². The second-order valence-corrected chi connectivity index (χ2v) is 3.94. The summed E-state index contributed by atoms with van der Waals surface area (Å²) in [5.74, 6) is 0. The molecule has 0 aromatic carbocycles. The van der Waals surface area contributed by atoms with Crippen molar-refractivity contribution in [1.82, 2.24) is 4.90 Å². The van der Waals surface area contributed by atoms with Gasteiger partial charge in [0.25, 0.3) is 0 Å². The first kappa shape index (κ1) is 8.02. The first-order valence-corrected chi connectivity index (χ1v) is 4.11. The molecule has 0 amide bonds. The molecule has 1 saturated heterocycles. The fraction of sp³-hybridized carbons (Fsp3) is 1.00. The maximum atomic E-state index is 2.50. The molecule has 1 unspecified atom stereocenters. The first-order valence-electron chi connectivity index (χ1n) is 4.11. The van der Waals surface area contributed by atoms with Gasteiger partial charge in [-0.05, 0) is 6.92 Å². The Hall–Kier alpha value is -0.0800. The summed E-state index contributed by atoms with van der Waals surface area (Å²) in [6, 6.07) is 0.806. The number of quaternary nitrogens is 1. The summed E-state index contributed by atoms with van der Waals surface area (Å²) in [7, 11) is 4.61. The normalized spacial score (nSPS) is 33.0. The van der Waals surface area contributed by atoms with Crippen LogP contribution in [0.1, 0.15) is 13.8 Å². The number of hydrogen-bond acceptors (Lipinski definition) is 1. The molecule has 10 heavy (non-hydrogen) atoms. The minimum Gasteiger partial charge on any atom is -0.313 e. The highest BCUT2D eigenvalue weighted by atomic mass is 15.5. The second kappa shape index (κ2) is 2.51. The molecule has 1 fully saturated rings. The Kier molecular flexibility index (Phi) is 2.02. The Morgan fingerprint density at radius 1 is 1.50 bits per heavy atom. The maximum absolute atomic E-state index is 2.50. The molecule has 0 N–H and O–H groups in total. The lowest BCUT2D eigenvalue weighted by atomic mass is 10.3. The standard InChI is InChI=1S/C8H19N2/c1-5-9-6-8(2)10(3,4)7-9/h8H,5-7H2,1-4H3/q+1. The van der Waals surface area contributed by atoms with Gasteiger partial charge in [0.05, 0.1) is 26.7 Å². The summed E-state index contributed by atoms with van der Waals surface area (Å²) in [6.45, 7) is 8.25. The van der Waals surface area contributed by atoms with E-state index in [1.54, 1.807) is 0 Å². The van der Waals surface area contributed by atoms with Gasteiger partial charge >= 0.3 is 0 Å². The molecule has 0 saturated carbocycles. The molecule has 1 heterocycles. The first-order chi connectivity index (χ1) is 4.56. The minimum absolute atomic E-state index is 0.806. The van der Waals surface area contributed by atoms with Crippen molar-refractivity contribution in [2.45, 2.75) is 19.9 Å². The van der Waals surface area contributed by atoms with Crippen LogP contribution in [-0.2, 0) is 0 Å². The van der Waals surface area contributed by atoms with Crippen LogP contribution < -0.4 is 0 Å². The van der Waals surface area contributed by atoms with Gasteiger partial charge in [-0.15, -0.1) is 0 Å². The van der Waals surface area contributed by atoms with E-state index in [9.17, 15) is 0 Å². The zero-order valence-electron chi connectivity index (χ0n) is 7.59. The summed E-state index contributed by atoms with van der Waals surface area (Å²) < 4.78 is 1.16. The Morgan fingerprint density at radius 2 is 2.10 bits per heavy atom. The van der Waals surface area contributed by atoms with Crippen LogP contribution in [0.3, 0.4) is 0 Å². The lowest BCUT2D eigenvalue weighted by Crippen LogP contribution is -2.43. The van der Waals surface area contributed by atoms with E-state index in [0.29, 0.717) is 0 Å². The zero-order valence-corrected chi connectivity index (χ0v) is 7.59. The maximum Gasteiger partial charge on any atom is 0.135 e. The van der Waals surface area contributed by atoms with E-state index in [1.807, 2.05) is 0 Å². The molecule has 60 valence electrons. The molecule has 2 heteroatoms. The van der Waals surface area contributed by atoms with Gasteiger partial charge in [-0.25, -0.2) is 0 Å². The summed E-state index contributed by atoms with van der Waals surface area (Å²) >= 11 is 0. The van der Waals surface area contributed by atoms with Crippen LogP contribution in [0.4, 0.5) is 0 Å². The molecule has 1 aliphatic heterocycles. The van der Waals surface area contributed by atoms with Gasteiger partial charge in [0.1, 0.15) is 6.67 Å². The van der Waals surface area contributed by atoms with Crippen LogP contribution in [0.2, 0.25) is 0 Å². The number of likely N-dealkylation sites (N-methyl/N-ethyl adjacent to an activating group) is 2. The van der Waals surface area contributed by atoms with Crippen molar-refractivity contribution >= 4 is 0 Å². The molecule has 0 aromatic rings. The van der Waals surface area contributed by atoms with Gasteiger partial charge in [-0.3, -0.25) is 4.90 Å². The van der Waals surface area contributed by atoms with E-state index in [1.165, 1.54) is 19.8 Å². The Bertz CT molecular complexity index is 120. The van der Waals surface area contributed by atoms with Crippen LogP contribution in [0.25, 0.3) is 0 Å². The molecule has 0 aliphatic carbocycles. The van der Waals surface area contributed by atoms with Crippen molar-refractivity contribution in [2.24, 2.45) is 0 Å². The van der Waals surface area contributed by atoms with Crippen LogP contribution in [0, 0.1) is 0 Å².